The van der Waals surface area contributed by atoms with Gasteiger partial charge in [-0.3, -0.25) is 9.59 Å². The number of rotatable bonds is 21. The molecule has 1 aliphatic rings. The Bertz CT molecular complexity index is 1020. The lowest BCUT2D eigenvalue weighted by Gasteiger charge is -2.21. The Morgan fingerprint density at radius 3 is 2.88 bits per heavy atom. The molecule has 43 heavy (non-hydrogen) atoms. The zero-order chi connectivity index (χ0) is 31.3. The van der Waals surface area contributed by atoms with E-state index in [1.807, 2.05) is 13.2 Å². The highest BCUT2D eigenvalue weighted by Crippen LogP contribution is 2.27. The van der Waals surface area contributed by atoms with Crippen molar-refractivity contribution < 1.29 is 38.4 Å². The Kier molecular flexibility index (Phi) is 20.0. The molecule has 11 nitrogen and oxygen atoms in total. The molecule has 0 aliphatic carbocycles. The largest absolute Gasteiger partial charge is 0.490 e. The van der Waals surface area contributed by atoms with Crippen LogP contribution in [0.1, 0.15) is 30.6 Å². The fourth-order valence-electron chi connectivity index (χ4n) is 3.99. The third-order valence-electron chi connectivity index (χ3n) is 5.93. The number of carbonyl (C=O) groups is 2. The molecule has 0 bridgehead atoms. The van der Waals surface area contributed by atoms with E-state index in [0.29, 0.717) is 38.1 Å². The van der Waals surface area contributed by atoms with E-state index in [0.717, 1.165) is 5.75 Å². The summed E-state index contributed by atoms with van der Waals surface area (Å²) < 4.78 is 29.0. The van der Waals surface area contributed by atoms with E-state index in [-0.39, 0.29) is 80.5 Å². The van der Waals surface area contributed by atoms with Crippen LogP contribution in [0.5, 0.6) is 5.75 Å². The first-order chi connectivity index (χ1) is 20.9. The van der Waals surface area contributed by atoms with E-state index in [2.05, 4.69) is 29.3 Å². The minimum Gasteiger partial charge on any atom is -0.490 e. The lowest BCUT2D eigenvalue weighted by Crippen LogP contribution is -2.30. The number of hydrogen-bond acceptors (Lipinski definition) is 12. The Labute approximate surface area is 267 Å². The van der Waals surface area contributed by atoms with Crippen LogP contribution in [0.25, 0.3) is 0 Å². The van der Waals surface area contributed by atoms with Gasteiger partial charge in [-0.1, -0.05) is 40.5 Å². The number of nitrogens with two attached hydrogens (primary N) is 1. The first-order valence-electron chi connectivity index (χ1n) is 14.3. The van der Waals surface area contributed by atoms with Gasteiger partial charge < -0.3 is 45.2 Å². The van der Waals surface area contributed by atoms with Crippen LogP contribution in [0.15, 0.2) is 24.3 Å². The highest BCUT2D eigenvalue weighted by atomic mass is 33.1. The number of benzene rings is 1. The lowest BCUT2D eigenvalue weighted by atomic mass is 9.71. The molecule has 0 saturated carbocycles. The number of ether oxygens (including phenoxy) is 5. The summed E-state index contributed by atoms with van der Waals surface area (Å²) in [6.07, 6.45) is 2.14. The molecule has 0 aromatic heterocycles. The average Bonchev–Trinajstić information content (AvgIpc) is 3.39. The maximum Gasteiger partial charge on any atom is 0.251 e. The molecule has 5 atom stereocenters. The summed E-state index contributed by atoms with van der Waals surface area (Å²) in [4.78, 5) is 24.2. The minimum absolute atomic E-state index is 0.0449. The van der Waals surface area contributed by atoms with Gasteiger partial charge in [0, 0.05) is 24.7 Å². The van der Waals surface area contributed by atoms with Gasteiger partial charge in [0.2, 0.25) is 13.2 Å². The number of hydrogen-bond donors (Lipinski definition) is 4. The van der Waals surface area contributed by atoms with E-state index in [9.17, 15) is 14.7 Å². The van der Waals surface area contributed by atoms with Gasteiger partial charge in [-0.25, -0.2) is 0 Å². The maximum absolute atomic E-state index is 12.1. The predicted molar refractivity (Wildman–Crippen MR) is 176 cm³/mol. The van der Waals surface area contributed by atoms with Crippen molar-refractivity contribution in [2.75, 3.05) is 64.7 Å². The molecule has 1 aliphatic heterocycles. The van der Waals surface area contributed by atoms with Crippen molar-refractivity contribution in [1.29, 1.82) is 0 Å². The number of amides is 2. The molecule has 1 aromatic carbocycles. The average molecular weight is 658 g/mol. The van der Waals surface area contributed by atoms with Crippen molar-refractivity contribution in [2.24, 2.45) is 5.73 Å². The molecule has 1 fully saturated rings. The maximum atomic E-state index is 12.1. The van der Waals surface area contributed by atoms with Crippen molar-refractivity contribution in [3.8, 4) is 17.5 Å². The van der Waals surface area contributed by atoms with Gasteiger partial charge in [0.15, 0.2) is 0 Å². The van der Waals surface area contributed by atoms with E-state index in [4.69, 9.17) is 29.4 Å². The molecule has 0 spiro atoms. The van der Waals surface area contributed by atoms with Crippen LogP contribution in [0.3, 0.4) is 0 Å². The fraction of sp³-hybridized carbons (Fsp3) is 0.643. The second kappa shape index (κ2) is 22.8. The molecular weight excluding hydrogens is 613 g/mol. The van der Waals surface area contributed by atoms with Crippen LogP contribution in [-0.4, -0.2) is 118 Å². The fourth-order valence-corrected chi connectivity index (χ4v) is 6.15. The van der Waals surface area contributed by atoms with Crippen LogP contribution < -0.4 is 21.1 Å². The first kappa shape index (κ1) is 37.6. The van der Waals surface area contributed by atoms with Gasteiger partial charge in [0.25, 0.3) is 5.91 Å². The summed E-state index contributed by atoms with van der Waals surface area (Å²) >= 11 is 1.71. The number of aliphatic hydroxyl groups excluding tert-OH is 1. The van der Waals surface area contributed by atoms with Crippen LogP contribution >= 0.6 is 33.3 Å². The molecule has 1 heterocycles. The second-order valence-corrected chi connectivity index (χ2v) is 13.4. The van der Waals surface area contributed by atoms with Crippen molar-refractivity contribution in [1.82, 2.24) is 10.6 Å². The third-order valence-corrected chi connectivity index (χ3v) is 8.75. The van der Waals surface area contributed by atoms with Crippen molar-refractivity contribution >= 4 is 52.4 Å². The molecule has 5 N–H and O–H groups in total. The van der Waals surface area contributed by atoms with Gasteiger partial charge in [0.05, 0.1) is 32.5 Å². The summed E-state index contributed by atoms with van der Waals surface area (Å²) in [5.74, 6) is 7.01. The topological polar surface area (TPSA) is 151 Å². The van der Waals surface area contributed by atoms with E-state index >= 15 is 0 Å². The van der Waals surface area contributed by atoms with Crippen molar-refractivity contribution in [3.05, 3.63) is 29.8 Å². The Balaban J connectivity index is 1.60. The summed E-state index contributed by atoms with van der Waals surface area (Å²) in [6, 6.07) is 6.81. The third kappa shape index (κ3) is 15.8. The zero-order valence-corrected chi connectivity index (χ0v) is 27.5. The van der Waals surface area contributed by atoms with Gasteiger partial charge in [-0.2, -0.15) is 5.82 Å². The van der Waals surface area contributed by atoms with Gasteiger partial charge in [0.1, 0.15) is 35.9 Å². The molecule has 2 rings (SSSR count). The first-order valence-corrected chi connectivity index (χ1v) is 17.9. The van der Waals surface area contributed by atoms with Crippen LogP contribution in [0.4, 0.5) is 0 Å². The van der Waals surface area contributed by atoms with Gasteiger partial charge >= 0.3 is 0 Å². The molecule has 1 saturated heterocycles. The molecule has 2 amide bonds. The van der Waals surface area contributed by atoms with E-state index < -0.39 is 0 Å². The van der Waals surface area contributed by atoms with Crippen molar-refractivity contribution in [2.45, 2.75) is 49.4 Å². The standard InChI is InChI=1S/C28H44BN3O8S3/c1-4-42-20(2)39-23-16-25(40-24(23)17-33)29-9-6-11-31-26(34)18-36-13-14-37-27(43-41-3)19-38-22-8-5-7-21(15-22)28(35)32-12-10-30/h5,7-8,15,20,23-25,27,29,33H,4,10-14,16-19,30H2,1-3H3,(H,31,34)(H,32,35)/t20-,23-,24?,25-,27?/m1/s1. The summed E-state index contributed by atoms with van der Waals surface area (Å²) in [7, 11) is 3.56. The molecule has 1 aromatic rings. The van der Waals surface area contributed by atoms with E-state index in [1.54, 1.807) is 46.8 Å². The predicted octanol–water partition coefficient (Wildman–Crippen LogP) is 1.23. The highest BCUT2D eigenvalue weighted by molar-refractivity contribution is 8.76. The summed E-state index contributed by atoms with van der Waals surface area (Å²) in [6.45, 7) is 5.68. The Morgan fingerprint density at radius 1 is 1.30 bits per heavy atom. The number of carbonyl (C=O) groups excluding carboxylic acids is 2. The summed E-state index contributed by atoms with van der Waals surface area (Å²) in [5, 5.41) is 15.0. The summed E-state index contributed by atoms with van der Waals surface area (Å²) in [5.41, 5.74) is 5.71. The molecule has 2 unspecified atom stereocenters. The normalized spacial score (nSPS) is 19.1. The lowest BCUT2D eigenvalue weighted by molar-refractivity contribution is -0.126. The SMILES string of the molecule is CCS[C@H](C)O[C@@H]1C[C@H](BC#CCNC(=O)COCCOC(COc2cccc(C(=O)NCCN)c2)SSC)OC1CO. The molecule has 0 radical (unpaired) electrons. The van der Waals surface area contributed by atoms with Gasteiger partial charge in [-0.15, -0.1) is 11.8 Å². The Morgan fingerprint density at radius 2 is 2.14 bits per heavy atom. The number of thioether (sulfide) groups is 1. The number of aliphatic hydroxyl groups is 1. The minimum atomic E-state index is -0.340. The smallest absolute Gasteiger partial charge is 0.251 e. The molecular formula is C28H44BN3O8S3. The highest BCUT2D eigenvalue weighted by Gasteiger charge is 2.36. The molecule has 240 valence electrons. The zero-order valence-electron chi connectivity index (χ0n) is 25.1. The van der Waals surface area contributed by atoms with Crippen LogP contribution in [-0.2, 0) is 23.7 Å². The molecule has 15 heteroatoms. The van der Waals surface area contributed by atoms with Crippen LogP contribution in [0.2, 0.25) is 0 Å². The van der Waals surface area contributed by atoms with E-state index in [1.165, 1.54) is 10.8 Å². The van der Waals surface area contributed by atoms with Crippen LogP contribution in [0, 0.1) is 11.7 Å². The van der Waals surface area contributed by atoms with Crippen molar-refractivity contribution in [3.63, 3.8) is 0 Å². The van der Waals surface area contributed by atoms with Gasteiger partial charge in [-0.05, 0) is 43.6 Å². The Hall–Kier alpha value is -1.61. The monoisotopic (exact) mass is 657 g/mol. The second-order valence-electron chi connectivity index (χ2n) is 9.25. The number of nitrogens with one attached hydrogen (secondary N) is 2. The quantitative estimate of drug-likeness (QED) is 0.0495.